The monoisotopic (exact) mass is 542 g/mol. The summed E-state index contributed by atoms with van der Waals surface area (Å²) in [6.45, 7) is 1.98. The second kappa shape index (κ2) is 11.7. The Bertz CT molecular complexity index is 1390. The van der Waals surface area contributed by atoms with Crippen LogP contribution in [0.2, 0.25) is 0 Å². The predicted molar refractivity (Wildman–Crippen MR) is 155 cm³/mol. The van der Waals surface area contributed by atoms with Crippen LogP contribution in [0.1, 0.15) is 74.6 Å². The Morgan fingerprint density at radius 1 is 0.975 bits per heavy atom. The summed E-state index contributed by atoms with van der Waals surface area (Å²) in [5.41, 5.74) is 3.62. The van der Waals surface area contributed by atoms with Crippen molar-refractivity contribution < 1.29 is 14.4 Å². The minimum Gasteiger partial charge on any atom is -0.367 e. The van der Waals surface area contributed by atoms with Crippen LogP contribution >= 0.6 is 0 Å². The average molecular weight is 543 g/mol. The van der Waals surface area contributed by atoms with Crippen molar-refractivity contribution in [3.05, 3.63) is 48.2 Å². The van der Waals surface area contributed by atoms with Crippen LogP contribution in [-0.2, 0) is 9.59 Å². The molecule has 0 spiro atoms. The number of imidazole rings is 1. The fourth-order valence-electron chi connectivity index (χ4n) is 5.83. The number of amides is 3. The first kappa shape index (κ1) is 26.3. The molecule has 9 nitrogen and oxygen atoms in total. The Kier molecular flexibility index (Phi) is 7.71. The molecule has 210 valence electrons. The molecule has 3 N–H and O–H groups in total. The van der Waals surface area contributed by atoms with Gasteiger partial charge >= 0.3 is 0 Å². The van der Waals surface area contributed by atoms with E-state index in [4.69, 9.17) is 4.98 Å². The molecule has 9 heteroatoms. The van der Waals surface area contributed by atoms with E-state index in [1.807, 2.05) is 51.9 Å². The normalized spacial score (nSPS) is 17.8. The molecule has 2 aromatic heterocycles. The molecule has 1 aliphatic heterocycles. The van der Waals surface area contributed by atoms with Crippen LogP contribution in [0, 0.1) is 5.92 Å². The number of hydrogen-bond acceptors (Lipinski definition) is 5. The van der Waals surface area contributed by atoms with Gasteiger partial charge in [-0.3, -0.25) is 18.8 Å². The van der Waals surface area contributed by atoms with Crippen molar-refractivity contribution in [3.8, 4) is 11.3 Å². The van der Waals surface area contributed by atoms with Crippen LogP contribution in [0.25, 0.3) is 16.9 Å². The molecule has 3 aromatic rings. The first-order valence-electron chi connectivity index (χ1n) is 14.8. The minimum absolute atomic E-state index is 0.0859. The average Bonchev–Trinajstić information content (AvgIpc) is 3.66. The molecule has 3 amide bonds. The Hall–Kier alpha value is -3.88. The zero-order valence-electron chi connectivity index (χ0n) is 23.0. The lowest BCUT2D eigenvalue weighted by Crippen LogP contribution is -2.30. The molecule has 2 saturated carbocycles. The quantitative estimate of drug-likeness (QED) is 0.318. The number of nitrogens with zero attached hydrogens (tertiary/aromatic N) is 3. The van der Waals surface area contributed by atoms with Crippen LogP contribution in [-0.4, -0.2) is 57.7 Å². The summed E-state index contributed by atoms with van der Waals surface area (Å²) in [4.78, 5) is 44.2. The van der Waals surface area contributed by atoms with Crippen molar-refractivity contribution in [1.82, 2.24) is 19.6 Å². The first-order chi connectivity index (χ1) is 19.6. The molecule has 2 aliphatic carbocycles. The number of anilines is 2. The highest BCUT2D eigenvalue weighted by Crippen LogP contribution is 2.34. The van der Waals surface area contributed by atoms with E-state index in [-0.39, 0.29) is 23.6 Å². The van der Waals surface area contributed by atoms with Crippen molar-refractivity contribution in [3.63, 3.8) is 0 Å². The number of aromatic nitrogens is 2. The van der Waals surface area contributed by atoms with Crippen molar-refractivity contribution in [1.29, 1.82) is 0 Å². The molecule has 3 aliphatic rings. The molecule has 3 heterocycles. The third-order valence-electron chi connectivity index (χ3n) is 8.28. The molecule has 0 unspecified atom stereocenters. The Labute approximate surface area is 234 Å². The number of rotatable bonds is 10. The van der Waals surface area contributed by atoms with Crippen molar-refractivity contribution >= 4 is 34.9 Å². The van der Waals surface area contributed by atoms with E-state index in [2.05, 4.69) is 16.0 Å². The highest BCUT2D eigenvalue weighted by Gasteiger charge is 2.29. The lowest BCUT2D eigenvalue weighted by atomic mass is 9.95. The fourth-order valence-corrected chi connectivity index (χ4v) is 5.83. The second-order valence-electron chi connectivity index (χ2n) is 11.3. The number of likely N-dealkylation sites (tertiary alicyclic amines) is 1. The highest BCUT2D eigenvalue weighted by atomic mass is 16.2. The summed E-state index contributed by atoms with van der Waals surface area (Å²) in [7, 11) is 0. The molecular weight excluding hydrogens is 504 g/mol. The van der Waals surface area contributed by atoms with Crippen molar-refractivity contribution in [2.24, 2.45) is 5.92 Å². The zero-order chi connectivity index (χ0) is 27.5. The van der Waals surface area contributed by atoms with E-state index >= 15 is 0 Å². The number of fused-ring (bicyclic) bond motifs is 1. The van der Waals surface area contributed by atoms with Gasteiger partial charge in [-0.2, -0.15) is 0 Å². The van der Waals surface area contributed by atoms with Crippen LogP contribution < -0.4 is 16.0 Å². The predicted octanol–water partition coefficient (Wildman–Crippen LogP) is 4.84. The number of pyridine rings is 1. The van der Waals surface area contributed by atoms with Crippen LogP contribution in [0.15, 0.2) is 42.6 Å². The summed E-state index contributed by atoms with van der Waals surface area (Å²) in [6, 6.07) is 11.9. The lowest BCUT2D eigenvalue weighted by molar-refractivity contribution is -0.127. The second-order valence-corrected chi connectivity index (χ2v) is 11.3. The number of nitrogens with one attached hydrogen (secondary N) is 3. The van der Waals surface area contributed by atoms with E-state index < -0.39 is 0 Å². The van der Waals surface area contributed by atoms with Crippen molar-refractivity contribution in [2.75, 3.05) is 30.3 Å². The smallest absolute Gasteiger partial charge is 0.255 e. The van der Waals surface area contributed by atoms with E-state index in [1.165, 1.54) is 19.3 Å². The molecule has 0 radical (unpaired) electrons. The highest BCUT2D eigenvalue weighted by molar-refractivity contribution is 6.01. The van der Waals surface area contributed by atoms with Gasteiger partial charge in [-0.25, -0.2) is 4.98 Å². The third kappa shape index (κ3) is 5.83. The van der Waals surface area contributed by atoms with Crippen LogP contribution in [0.3, 0.4) is 0 Å². The van der Waals surface area contributed by atoms with Crippen molar-refractivity contribution in [2.45, 2.75) is 70.3 Å². The standard InChI is InChI=1S/C31H38N6O3/c38-26-10-5-18-36(26)19-6-17-32-31(40)25-9-4-20-37-28(25)35-27(29(37)33-23-7-2-1-3-8-23)21-13-15-24(16-14-21)34-30(39)22-11-12-22/h4,9,13-16,20,22-23,33H,1-3,5-8,10-12,17-19H2,(H,32,40)(H,34,39). The maximum atomic E-state index is 13.3. The fraction of sp³-hybridized carbons (Fsp3) is 0.484. The molecule has 1 aromatic carbocycles. The van der Waals surface area contributed by atoms with Gasteiger partial charge in [-0.05, 0) is 62.8 Å². The molecular formula is C31H38N6O3. The molecule has 3 fully saturated rings. The molecule has 6 rings (SSSR count). The maximum Gasteiger partial charge on any atom is 0.255 e. The maximum absolute atomic E-state index is 13.3. The van der Waals surface area contributed by atoms with Gasteiger partial charge in [0.1, 0.15) is 11.5 Å². The Morgan fingerprint density at radius 3 is 2.50 bits per heavy atom. The Morgan fingerprint density at radius 2 is 1.77 bits per heavy atom. The third-order valence-corrected chi connectivity index (χ3v) is 8.28. The van der Waals surface area contributed by atoms with E-state index in [1.54, 1.807) is 0 Å². The summed E-state index contributed by atoms with van der Waals surface area (Å²) < 4.78 is 1.99. The zero-order valence-corrected chi connectivity index (χ0v) is 23.0. The van der Waals surface area contributed by atoms with E-state index in [0.29, 0.717) is 36.8 Å². The molecule has 40 heavy (non-hydrogen) atoms. The minimum atomic E-state index is -0.169. The molecule has 0 atom stereocenters. The number of benzene rings is 1. The topological polar surface area (TPSA) is 108 Å². The van der Waals surface area contributed by atoms with Gasteiger partial charge in [0.2, 0.25) is 11.8 Å². The summed E-state index contributed by atoms with van der Waals surface area (Å²) >= 11 is 0. The van der Waals surface area contributed by atoms with E-state index in [0.717, 1.165) is 67.8 Å². The largest absolute Gasteiger partial charge is 0.367 e. The number of hydrogen-bond donors (Lipinski definition) is 3. The summed E-state index contributed by atoms with van der Waals surface area (Å²) in [5.74, 6) is 1.16. The van der Waals surface area contributed by atoms with Crippen LogP contribution in [0.4, 0.5) is 11.5 Å². The molecule has 0 bridgehead atoms. The lowest BCUT2D eigenvalue weighted by Gasteiger charge is -2.24. The SMILES string of the molecule is O=C(NCCCN1CCCC1=O)c1cccn2c(NC3CCCCC3)c(-c3ccc(NC(=O)C4CC4)cc3)nc12. The van der Waals surface area contributed by atoms with Gasteiger partial charge in [0.15, 0.2) is 5.65 Å². The van der Waals surface area contributed by atoms with E-state index in [9.17, 15) is 14.4 Å². The first-order valence-corrected chi connectivity index (χ1v) is 14.8. The number of carbonyl (C=O) groups excluding carboxylic acids is 3. The van der Waals surface area contributed by atoms with Gasteiger partial charge in [-0.1, -0.05) is 31.4 Å². The van der Waals surface area contributed by atoms with Gasteiger partial charge in [0, 0.05) is 55.5 Å². The number of carbonyl (C=O) groups is 3. The summed E-state index contributed by atoms with van der Waals surface area (Å²) in [6.07, 6.45) is 12.1. The van der Waals surface area contributed by atoms with Gasteiger partial charge in [0.25, 0.3) is 5.91 Å². The van der Waals surface area contributed by atoms with Gasteiger partial charge < -0.3 is 20.9 Å². The summed E-state index contributed by atoms with van der Waals surface area (Å²) in [5, 5.41) is 9.79. The van der Waals surface area contributed by atoms with Gasteiger partial charge in [0.05, 0.1) is 5.56 Å². The molecule has 1 saturated heterocycles. The Balaban J connectivity index is 1.24. The van der Waals surface area contributed by atoms with Crippen LogP contribution in [0.5, 0.6) is 0 Å². The van der Waals surface area contributed by atoms with Gasteiger partial charge in [-0.15, -0.1) is 0 Å².